The summed E-state index contributed by atoms with van der Waals surface area (Å²) in [4.78, 5) is 28.8. The summed E-state index contributed by atoms with van der Waals surface area (Å²) in [5, 5.41) is 2.93. The molecule has 1 N–H and O–H groups in total. The number of benzene rings is 3. The van der Waals surface area contributed by atoms with Crippen LogP contribution in [0.1, 0.15) is 38.7 Å². The molecule has 3 aromatic rings. The van der Waals surface area contributed by atoms with Crippen molar-refractivity contribution in [1.82, 2.24) is 10.2 Å². The SMILES string of the molecule is CCCCNC(=O)C(CC)N(Cc1ccc(OC)cc1)C(=O)CN(c1ccccc1)S(=O)(=O)c1ccc(OC)c(OC)c1. The van der Waals surface area contributed by atoms with Crippen LogP contribution in [0.5, 0.6) is 17.2 Å². The fourth-order valence-electron chi connectivity index (χ4n) is 4.58. The van der Waals surface area contributed by atoms with Gasteiger partial charge in [0.05, 0.1) is 31.9 Å². The molecular weight excluding hydrogens is 570 g/mol. The molecule has 3 rings (SSSR count). The van der Waals surface area contributed by atoms with Crippen LogP contribution in [-0.2, 0) is 26.2 Å². The third-order valence-corrected chi connectivity index (χ3v) is 8.76. The summed E-state index contributed by atoms with van der Waals surface area (Å²) in [5.74, 6) is 0.448. The first kappa shape index (κ1) is 33.3. The van der Waals surface area contributed by atoms with Crippen LogP contribution in [0.15, 0.2) is 77.7 Å². The molecule has 0 aliphatic rings. The van der Waals surface area contributed by atoms with Gasteiger partial charge in [0.15, 0.2) is 11.5 Å². The number of para-hydroxylation sites is 1. The number of unbranched alkanes of at least 4 members (excludes halogenated alkanes) is 1. The summed E-state index contributed by atoms with van der Waals surface area (Å²) in [5.41, 5.74) is 1.07. The second-order valence-electron chi connectivity index (χ2n) is 9.80. The fraction of sp³-hybridized carbons (Fsp3) is 0.375. The number of rotatable bonds is 16. The molecule has 0 aliphatic heterocycles. The fourth-order valence-corrected chi connectivity index (χ4v) is 6.01. The highest BCUT2D eigenvalue weighted by Gasteiger charge is 2.34. The van der Waals surface area contributed by atoms with Crippen molar-refractivity contribution in [3.05, 3.63) is 78.4 Å². The van der Waals surface area contributed by atoms with E-state index in [2.05, 4.69) is 5.32 Å². The summed E-state index contributed by atoms with van der Waals surface area (Å²) >= 11 is 0. The molecule has 0 aliphatic carbocycles. The standard InChI is InChI=1S/C32H41N3O7S/c1-6-8-20-33-32(37)28(7-2)34(22-24-14-16-26(40-3)17-15-24)31(36)23-35(25-12-10-9-11-13-25)43(38,39)27-18-19-29(41-4)30(21-27)42-5/h9-19,21,28H,6-8,20,22-23H2,1-5H3,(H,33,37). The lowest BCUT2D eigenvalue weighted by Gasteiger charge is -2.33. The van der Waals surface area contributed by atoms with Crippen molar-refractivity contribution < 1.29 is 32.2 Å². The van der Waals surface area contributed by atoms with E-state index in [9.17, 15) is 18.0 Å². The molecule has 0 spiro atoms. The number of methoxy groups -OCH3 is 3. The Morgan fingerprint density at radius 2 is 1.53 bits per heavy atom. The van der Waals surface area contributed by atoms with Gasteiger partial charge in [-0.1, -0.05) is 50.6 Å². The highest BCUT2D eigenvalue weighted by atomic mass is 32.2. The van der Waals surface area contributed by atoms with Crippen LogP contribution in [-0.4, -0.2) is 65.6 Å². The molecule has 10 nitrogen and oxygen atoms in total. The summed E-state index contributed by atoms with van der Waals surface area (Å²) in [6, 6.07) is 19.0. The van der Waals surface area contributed by atoms with E-state index in [0.29, 0.717) is 30.2 Å². The largest absolute Gasteiger partial charge is 0.497 e. The van der Waals surface area contributed by atoms with E-state index in [4.69, 9.17) is 14.2 Å². The number of nitrogens with zero attached hydrogens (tertiary/aromatic N) is 2. The second-order valence-corrected chi connectivity index (χ2v) is 11.7. The average Bonchev–Trinajstić information content (AvgIpc) is 3.03. The van der Waals surface area contributed by atoms with Gasteiger partial charge in [-0.25, -0.2) is 8.42 Å². The first-order valence-electron chi connectivity index (χ1n) is 14.2. The lowest BCUT2D eigenvalue weighted by molar-refractivity contribution is -0.140. The monoisotopic (exact) mass is 611 g/mol. The predicted molar refractivity (Wildman–Crippen MR) is 166 cm³/mol. The number of hydrogen-bond acceptors (Lipinski definition) is 7. The molecule has 11 heteroatoms. The average molecular weight is 612 g/mol. The third-order valence-electron chi connectivity index (χ3n) is 6.99. The minimum Gasteiger partial charge on any atom is -0.497 e. The van der Waals surface area contributed by atoms with Crippen molar-refractivity contribution in [2.75, 3.05) is 38.7 Å². The van der Waals surface area contributed by atoms with E-state index < -0.39 is 28.5 Å². The molecule has 43 heavy (non-hydrogen) atoms. The van der Waals surface area contributed by atoms with Gasteiger partial charge in [-0.3, -0.25) is 13.9 Å². The number of carbonyl (C=O) groups is 2. The van der Waals surface area contributed by atoms with Gasteiger partial charge in [-0.05, 0) is 54.8 Å². The van der Waals surface area contributed by atoms with Crippen LogP contribution in [0.3, 0.4) is 0 Å². The molecule has 232 valence electrons. The van der Waals surface area contributed by atoms with Crippen LogP contribution < -0.4 is 23.8 Å². The summed E-state index contributed by atoms with van der Waals surface area (Å²) < 4.78 is 45.1. The number of sulfonamides is 1. The minimum atomic E-state index is -4.26. The van der Waals surface area contributed by atoms with Crippen molar-refractivity contribution in [2.45, 2.75) is 50.6 Å². The van der Waals surface area contributed by atoms with Crippen LogP contribution in [0.4, 0.5) is 5.69 Å². The highest BCUT2D eigenvalue weighted by Crippen LogP contribution is 2.32. The number of nitrogens with one attached hydrogen (secondary N) is 1. The summed E-state index contributed by atoms with van der Waals surface area (Å²) in [6.07, 6.45) is 2.05. The maximum Gasteiger partial charge on any atom is 0.264 e. The zero-order valence-electron chi connectivity index (χ0n) is 25.4. The molecule has 1 atom stereocenters. The Morgan fingerprint density at radius 3 is 2.12 bits per heavy atom. The Kier molecular flexibility index (Phi) is 12.2. The molecule has 0 bridgehead atoms. The first-order valence-corrected chi connectivity index (χ1v) is 15.6. The Balaban J connectivity index is 2.04. The van der Waals surface area contributed by atoms with Crippen molar-refractivity contribution in [2.24, 2.45) is 0 Å². The Morgan fingerprint density at radius 1 is 0.860 bits per heavy atom. The van der Waals surface area contributed by atoms with Crippen molar-refractivity contribution in [3.63, 3.8) is 0 Å². The van der Waals surface area contributed by atoms with Crippen LogP contribution >= 0.6 is 0 Å². The van der Waals surface area contributed by atoms with Crippen LogP contribution in [0, 0.1) is 0 Å². The van der Waals surface area contributed by atoms with Crippen molar-refractivity contribution in [3.8, 4) is 17.2 Å². The Bertz CT molecular complexity index is 1450. The van der Waals surface area contributed by atoms with Gasteiger partial charge in [0.1, 0.15) is 18.3 Å². The van der Waals surface area contributed by atoms with Gasteiger partial charge in [0, 0.05) is 19.2 Å². The molecule has 0 saturated carbocycles. The third kappa shape index (κ3) is 8.41. The van der Waals surface area contributed by atoms with Crippen LogP contribution in [0.25, 0.3) is 0 Å². The molecule has 0 fully saturated rings. The van der Waals surface area contributed by atoms with E-state index >= 15 is 0 Å². The van der Waals surface area contributed by atoms with Gasteiger partial charge in [0.2, 0.25) is 11.8 Å². The lowest BCUT2D eigenvalue weighted by atomic mass is 10.1. The molecule has 3 aromatic carbocycles. The first-order chi connectivity index (χ1) is 20.7. The van der Waals surface area contributed by atoms with Crippen molar-refractivity contribution in [1.29, 1.82) is 0 Å². The van der Waals surface area contributed by atoms with E-state index in [1.807, 2.05) is 26.0 Å². The molecule has 0 heterocycles. The number of ether oxygens (including phenoxy) is 3. The van der Waals surface area contributed by atoms with Gasteiger partial charge < -0.3 is 24.4 Å². The summed E-state index contributed by atoms with van der Waals surface area (Å²) in [6.45, 7) is 3.91. The number of carbonyl (C=O) groups excluding carboxylic acids is 2. The molecule has 0 radical (unpaired) electrons. The number of hydrogen-bond donors (Lipinski definition) is 1. The smallest absolute Gasteiger partial charge is 0.264 e. The molecular formula is C32H41N3O7S. The Labute approximate surface area is 254 Å². The van der Waals surface area contributed by atoms with Gasteiger partial charge in [-0.15, -0.1) is 0 Å². The van der Waals surface area contributed by atoms with E-state index in [-0.39, 0.29) is 23.1 Å². The van der Waals surface area contributed by atoms with Gasteiger partial charge >= 0.3 is 0 Å². The van der Waals surface area contributed by atoms with E-state index in [1.165, 1.54) is 37.3 Å². The van der Waals surface area contributed by atoms with Crippen molar-refractivity contribution >= 4 is 27.5 Å². The topological polar surface area (TPSA) is 114 Å². The lowest BCUT2D eigenvalue weighted by Crippen LogP contribution is -2.52. The van der Waals surface area contributed by atoms with E-state index in [0.717, 1.165) is 22.7 Å². The van der Waals surface area contributed by atoms with Gasteiger partial charge in [-0.2, -0.15) is 0 Å². The zero-order valence-corrected chi connectivity index (χ0v) is 26.2. The van der Waals surface area contributed by atoms with Crippen LogP contribution in [0.2, 0.25) is 0 Å². The maximum absolute atomic E-state index is 14.2. The number of anilines is 1. The quantitative estimate of drug-likeness (QED) is 0.235. The second kappa shape index (κ2) is 15.8. The summed E-state index contributed by atoms with van der Waals surface area (Å²) in [7, 11) is 0.182. The molecule has 0 saturated heterocycles. The highest BCUT2D eigenvalue weighted by molar-refractivity contribution is 7.92. The Hall–Kier alpha value is -4.25. The number of amides is 2. The van der Waals surface area contributed by atoms with Gasteiger partial charge in [0.25, 0.3) is 10.0 Å². The predicted octanol–water partition coefficient (Wildman–Crippen LogP) is 4.63. The maximum atomic E-state index is 14.2. The molecule has 2 amide bonds. The minimum absolute atomic E-state index is 0.0761. The normalized spacial score (nSPS) is 11.7. The molecule has 0 aromatic heterocycles. The zero-order chi connectivity index (χ0) is 31.4. The molecule has 1 unspecified atom stereocenters. The van der Waals surface area contributed by atoms with E-state index in [1.54, 1.807) is 49.6 Å².